The fourth-order valence-corrected chi connectivity index (χ4v) is 3.48. The molecule has 0 unspecified atom stereocenters. The second-order valence-electron chi connectivity index (χ2n) is 7.08. The second kappa shape index (κ2) is 8.62. The summed E-state index contributed by atoms with van der Waals surface area (Å²) in [5, 5.41) is 0. The van der Waals surface area contributed by atoms with E-state index in [0.717, 1.165) is 37.6 Å². The highest BCUT2D eigenvalue weighted by Crippen LogP contribution is 2.22. The van der Waals surface area contributed by atoms with Gasteiger partial charge in [-0.15, -0.1) is 0 Å². The minimum absolute atomic E-state index is 0.0761. The normalized spacial score (nSPS) is 22.5. The molecule has 2 saturated heterocycles. The Balaban J connectivity index is 1.21. The van der Waals surface area contributed by atoms with Crippen LogP contribution in [-0.2, 0) is 20.8 Å². The molecule has 0 N–H and O–H groups in total. The Morgan fingerprint density at radius 3 is 2.68 bits per heavy atom. The molecule has 8 nitrogen and oxygen atoms in total. The Kier molecular flexibility index (Phi) is 5.78. The van der Waals surface area contributed by atoms with Crippen LogP contribution in [-0.4, -0.2) is 72.1 Å². The average molecular weight is 386 g/mol. The van der Waals surface area contributed by atoms with Crippen molar-refractivity contribution in [3.8, 4) is 5.75 Å². The van der Waals surface area contributed by atoms with Crippen LogP contribution in [0.4, 0.5) is 5.69 Å². The minimum Gasteiger partial charge on any atom is -0.491 e. The molecule has 0 spiro atoms. The summed E-state index contributed by atoms with van der Waals surface area (Å²) in [4.78, 5) is 19.6. The summed E-state index contributed by atoms with van der Waals surface area (Å²) in [6.45, 7) is 6.48. The first-order chi connectivity index (χ1) is 13.7. The van der Waals surface area contributed by atoms with E-state index in [1.54, 1.807) is 19.4 Å². The molecule has 2 aliphatic heterocycles. The van der Waals surface area contributed by atoms with E-state index in [1.165, 1.54) is 0 Å². The van der Waals surface area contributed by atoms with E-state index in [9.17, 15) is 4.79 Å². The average Bonchev–Trinajstić information content (AvgIpc) is 3.39. The number of carbonyl (C=O) groups is 1. The molecule has 0 aliphatic carbocycles. The zero-order chi connectivity index (χ0) is 19.3. The largest absolute Gasteiger partial charge is 0.491 e. The van der Waals surface area contributed by atoms with Crippen molar-refractivity contribution < 1.29 is 19.0 Å². The maximum atomic E-state index is 11.4. The molecule has 4 rings (SSSR count). The monoisotopic (exact) mass is 386 g/mol. The van der Waals surface area contributed by atoms with Gasteiger partial charge in [0.25, 0.3) is 0 Å². The number of hydrogen-bond donors (Lipinski definition) is 0. The van der Waals surface area contributed by atoms with Gasteiger partial charge in [0.15, 0.2) is 6.29 Å². The first-order valence-corrected chi connectivity index (χ1v) is 9.63. The number of piperazine rings is 1. The van der Waals surface area contributed by atoms with Gasteiger partial charge in [-0.2, -0.15) is 0 Å². The van der Waals surface area contributed by atoms with Gasteiger partial charge in [-0.05, 0) is 24.3 Å². The van der Waals surface area contributed by atoms with Crippen LogP contribution in [0.3, 0.4) is 0 Å². The number of aromatic nitrogens is 2. The number of anilines is 1. The third kappa shape index (κ3) is 4.63. The van der Waals surface area contributed by atoms with Crippen molar-refractivity contribution in [2.75, 3.05) is 44.3 Å². The number of amides is 1. The molecule has 1 aromatic heterocycles. The third-order valence-electron chi connectivity index (χ3n) is 5.09. The smallest absolute Gasteiger partial charge is 0.219 e. The molecule has 1 amide bonds. The number of rotatable bonds is 6. The standard InChI is InChI=1S/C20H26N4O4/c1-16(25)23-8-10-24(11-9-23)17-2-4-18(5-3-17)26-13-19-14-27-20(28-19)12-22-7-6-21-15-22/h2-7,15,19-20H,8-14H2,1H3/t19-,20+/m0/s1. The van der Waals surface area contributed by atoms with E-state index in [-0.39, 0.29) is 18.3 Å². The topological polar surface area (TPSA) is 69.1 Å². The van der Waals surface area contributed by atoms with Gasteiger partial charge in [-0.25, -0.2) is 4.98 Å². The highest BCUT2D eigenvalue weighted by atomic mass is 16.7. The molecule has 8 heteroatoms. The van der Waals surface area contributed by atoms with Crippen LogP contribution in [0.1, 0.15) is 6.92 Å². The van der Waals surface area contributed by atoms with Crippen LogP contribution in [0.5, 0.6) is 5.75 Å². The molecule has 0 bridgehead atoms. The Morgan fingerprint density at radius 1 is 1.21 bits per heavy atom. The summed E-state index contributed by atoms with van der Waals surface area (Å²) >= 11 is 0. The van der Waals surface area contributed by atoms with E-state index < -0.39 is 0 Å². The van der Waals surface area contributed by atoms with Crippen molar-refractivity contribution in [1.82, 2.24) is 14.5 Å². The lowest BCUT2D eigenvalue weighted by Crippen LogP contribution is -2.48. The molecule has 2 atom stereocenters. The van der Waals surface area contributed by atoms with Crippen LogP contribution in [0.25, 0.3) is 0 Å². The zero-order valence-electron chi connectivity index (χ0n) is 16.1. The summed E-state index contributed by atoms with van der Waals surface area (Å²) in [7, 11) is 0. The van der Waals surface area contributed by atoms with Crippen LogP contribution in [0, 0.1) is 0 Å². The summed E-state index contributed by atoms with van der Waals surface area (Å²) in [6, 6.07) is 8.08. The lowest BCUT2D eigenvalue weighted by Gasteiger charge is -2.35. The van der Waals surface area contributed by atoms with E-state index in [0.29, 0.717) is 19.8 Å². The predicted octanol–water partition coefficient (Wildman–Crippen LogP) is 1.37. The van der Waals surface area contributed by atoms with E-state index >= 15 is 0 Å². The molecular weight excluding hydrogens is 360 g/mol. The molecular formula is C20H26N4O4. The van der Waals surface area contributed by atoms with E-state index in [1.807, 2.05) is 27.8 Å². The van der Waals surface area contributed by atoms with Crippen molar-refractivity contribution in [2.45, 2.75) is 25.9 Å². The molecule has 28 heavy (non-hydrogen) atoms. The van der Waals surface area contributed by atoms with Crippen molar-refractivity contribution in [3.63, 3.8) is 0 Å². The fourth-order valence-electron chi connectivity index (χ4n) is 3.48. The maximum Gasteiger partial charge on any atom is 0.219 e. The Bertz CT molecular complexity index is 757. The summed E-state index contributed by atoms with van der Waals surface area (Å²) in [6.07, 6.45) is 5.03. The van der Waals surface area contributed by atoms with Crippen molar-refractivity contribution in [1.29, 1.82) is 0 Å². The summed E-state index contributed by atoms with van der Waals surface area (Å²) < 4.78 is 19.3. The first kappa shape index (κ1) is 18.8. The van der Waals surface area contributed by atoms with Crippen LogP contribution in [0.15, 0.2) is 43.0 Å². The predicted molar refractivity (Wildman–Crippen MR) is 103 cm³/mol. The lowest BCUT2D eigenvalue weighted by atomic mass is 10.2. The molecule has 2 fully saturated rings. The second-order valence-corrected chi connectivity index (χ2v) is 7.08. The molecule has 1 aromatic carbocycles. The van der Waals surface area contributed by atoms with Gasteiger partial charge < -0.3 is 28.6 Å². The van der Waals surface area contributed by atoms with Gasteiger partial charge in [0.1, 0.15) is 18.5 Å². The molecule has 150 valence electrons. The SMILES string of the molecule is CC(=O)N1CCN(c2ccc(OC[C@H]3CO[C@@H](Cn4ccnc4)O3)cc2)CC1. The molecule has 0 saturated carbocycles. The van der Waals surface area contributed by atoms with E-state index in [2.05, 4.69) is 22.0 Å². The first-order valence-electron chi connectivity index (χ1n) is 9.63. The lowest BCUT2D eigenvalue weighted by molar-refractivity contribution is -0.129. The van der Waals surface area contributed by atoms with Gasteiger partial charge in [0, 0.05) is 51.2 Å². The molecule has 2 aliphatic rings. The third-order valence-corrected chi connectivity index (χ3v) is 5.09. The molecule has 2 aromatic rings. The highest BCUT2D eigenvalue weighted by Gasteiger charge is 2.26. The van der Waals surface area contributed by atoms with Crippen LogP contribution < -0.4 is 9.64 Å². The molecule has 3 heterocycles. The number of ether oxygens (including phenoxy) is 3. The quantitative estimate of drug-likeness (QED) is 0.747. The number of carbonyl (C=O) groups excluding carboxylic acids is 1. The van der Waals surface area contributed by atoms with Gasteiger partial charge >= 0.3 is 0 Å². The number of benzene rings is 1. The van der Waals surface area contributed by atoms with Gasteiger partial charge in [0.2, 0.25) is 5.91 Å². The highest BCUT2D eigenvalue weighted by molar-refractivity contribution is 5.73. The molecule has 0 radical (unpaired) electrons. The van der Waals surface area contributed by atoms with Gasteiger partial charge in [0.05, 0.1) is 19.5 Å². The fraction of sp³-hybridized carbons (Fsp3) is 0.500. The zero-order valence-corrected chi connectivity index (χ0v) is 16.1. The number of nitrogens with zero attached hydrogens (tertiary/aromatic N) is 4. The maximum absolute atomic E-state index is 11.4. The number of hydrogen-bond acceptors (Lipinski definition) is 6. The Labute approximate surface area is 164 Å². The van der Waals surface area contributed by atoms with Crippen molar-refractivity contribution in [3.05, 3.63) is 43.0 Å². The van der Waals surface area contributed by atoms with E-state index in [4.69, 9.17) is 14.2 Å². The summed E-state index contributed by atoms with van der Waals surface area (Å²) in [5.74, 6) is 0.960. The van der Waals surface area contributed by atoms with Crippen LogP contribution >= 0.6 is 0 Å². The minimum atomic E-state index is -0.265. The Hall–Kier alpha value is -2.58. The number of imidazole rings is 1. The summed E-state index contributed by atoms with van der Waals surface area (Å²) in [5.41, 5.74) is 1.15. The van der Waals surface area contributed by atoms with Crippen molar-refractivity contribution in [2.24, 2.45) is 0 Å². The van der Waals surface area contributed by atoms with Gasteiger partial charge in [-0.1, -0.05) is 0 Å². The van der Waals surface area contributed by atoms with Crippen molar-refractivity contribution >= 4 is 11.6 Å². The Morgan fingerprint density at radius 2 is 2.00 bits per heavy atom. The van der Waals surface area contributed by atoms with Crippen LogP contribution in [0.2, 0.25) is 0 Å². The van der Waals surface area contributed by atoms with Gasteiger partial charge in [-0.3, -0.25) is 4.79 Å².